The fourth-order valence-electron chi connectivity index (χ4n) is 1.96. The van der Waals surface area contributed by atoms with Gasteiger partial charge in [0.15, 0.2) is 0 Å². The number of para-hydroxylation sites is 1. The Morgan fingerprint density at radius 1 is 1.04 bits per heavy atom. The molecule has 0 bridgehead atoms. The predicted octanol–water partition coefficient (Wildman–Crippen LogP) is 3.44. The summed E-state index contributed by atoms with van der Waals surface area (Å²) in [6.07, 6.45) is 0. The van der Waals surface area contributed by atoms with Gasteiger partial charge in [0.2, 0.25) is 5.91 Å². The molecule has 2 aromatic carbocycles. The molecule has 10 heteroatoms. The zero-order valence-corrected chi connectivity index (χ0v) is 17.1. The summed E-state index contributed by atoms with van der Waals surface area (Å²) >= 11 is 13.1. The van der Waals surface area contributed by atoms with Gasteiger partial charge in [-0.25, -0.2) is 4.79 Å². The number of hydrogen-bond donors (Lipinski definition) is 4. The number of carbonyl (C=O) groups excluding carboxylic acids is 3. The molecule has 2 rings (SSSR count). The average molecular weight is 441 g/mol. The first-order valence-electron chi connectivity index (χ1n) is 8.14. The van der Waals surface area contributed by atoms with E-state index in [4.69, 9.17) is 23.2 Å². The van der Waals surface area contributed by atoms with Gasteiger partial charge in [-0.05, 0) is 37.3 Å². The van der Waals surface area contributed by atoms with Gasteiger partial charge in [-0.15, -0.1) is 11.8 Å². The van der Waals surface area contributed by atoms with Crippen LogP contribution >= 0.6 is 35.0 Å². The Morgan fingerprint density at radius 2 is 1.75 bits per heavy atom. The number of hydrazine groups is 1. The SMILES string of the molecule is C[C@@H](NC(=O)Nc1ccccc1)C(=O)NNC(=O)CSc1cc(Cl)ccc1Cl. The zero-order valence-electron chi connectivity index (χ0n) is 14.8. The Labute approximate surface area is 176 Å². The molecule has 2 aromatic rings. The van der Waals surface area contributed by atoms with Crippen molar-refractivity contribution in [3.05, 3.63) is 58.6 Å². The van der Waals surface area contributed by atoms with Crippen molar-refractivity contribution >= 4 is 58.5 Å². The van der Waals surface area contributed by atoms with E-state index in [2.05, 4.69) is 21.5 Å². The van der Waals surface area contributed by atoms with Gasteiger partial charge in [0.05, 0.1) is 10.8 Å². The van der Waals surface area contributed by atoms with Crippen LogP contribution in [0.15, 0.2) is 53.4 Å². The van der Waals surface area contributed by atoms with Crippen LogP contribution < -0.4 is 21.5 Å². The summed E-state index contributed by atoms with van der Waals surface area (Å²) < 4.78 is 0. The Bertz CT molecular complexity index is 852. The van der Waals surface area contributed by atoms with Gasteiger partial charge >= 0.3 is 6.03 Å². The number of carbonyl (C=O) groups is 3. The lowest BCUT2D eigenvalue weighted by atomic mass is 10.3. The number of rotatable bonds is 6. The summed E-state index contributed by atoms with van der Waals surface area (Å²) in [4.78, 5) is 36.4. The van der Waals surface area contributed by atoms with Crippen LogP contribution in [0, 0.1) is 0 Å². The third-order valence-electron chi connectivity index (χ3n) is 3.35. The molecule has 0 aliphatic rings. The highest BCUT2D eigenvalue weighted by Crippen LogP contribution is 2.29. The summed E-state index contributed by atoms with van der Waals surface area (Å²) in [6.45, 7) is 1.49. The second-order valence-electron chi connectivity index (χ2n) is 5.59. The van der Waals surface area contributed by atoms with Crippen LogP contribution in [0.25, 0.3) is 0 Å². The molecule has 0 aromatic heterocycles. The molecule has 0 aliphatic heterocycles. The van der Waals surface area contributed by atoms with Crippen molar-refractivity contribution in [1.82, 2.24) is 16.2 Å². The van der Waals surface area contributed by atoms with Crippen molar-refractivity contribution in [2.24, 2.45) is 0 Å². The molecule has 28 heavy (non-hydrogen) atoms. The maximum atomic E-state index is 12.0. The number of thioether (sulfide) groups is 1. The van der Waals surface area contributed by atoms with E-state index in [1.165, 1.54) is 18.7 Å². The molecule has 0 radical (unpaired) electrons. The second kappa shape index (κ2) is 10.8. The number of hydrogen-bond acceptors (Lipinski definition) is 4. The maximum absolute atomic E-state index is 12.0. The number of amides is 4. The molecule has 4 N–H and O–H groups in total. The molecule has 4 amide bonds. The molecule has 7 nitrogen and oxygen atoms in total. The van der Waals surface area contributed by atoms with E-state index in [0.29, 0.717) is 20.6 Å². The summed E-state index contributed by atoms with van der Waals surface area (Å²) in [5.41, 5.74) is 5.14. The predicted molar refractivity (Wildman–Crippen MR) is 112 cm³/mol. The standard InChI is InChI=1S/C18H18Cl2N4O3S/c1-11(21-18(27)22-13-5-3-2-4-6-13)17(26)24-23-16(25)10-28-15-9-12(19)7-8-14(15)20/h2-9,11H,10H2,1H3,(H,23,25)(H,24,26)(H2,21,22,27)/t11-/m1/s1. The van der Waals surface area contributed by atoms with Crippen molar-refractivity contribution in [1.29, 1.82) is 0 Å². The van der Waals surface area contributed by atoms with Crippen molar-refractivity contribution in [3.63, 3.8) is 0 Å². The van der Waals surface area contributed by atoms with Crippen LogP contribution in [0.4, 0.5) is 10.5 Å². The number of urea groups is 1. The van der Waals surface area contributed by atoms with Gasteiger partial charge in [0.1, 0.15) is 6.04 Å². The molecule has 0 fully saturated rings. The van der Waals surface area contributed by atoms with Gasteiger partial charge in [-0.3, -0.25) is 20.4 Å². The van der Waals surface area contributed by atoms with Crippen LogP contribution in [-0.2, 0) is 9.59 Å². The minimum absolute atomic E-state index is 0.0244. The molecule has 1 atom stereocenters. The smallest absolute Gasteiger partial charge is 0.319 e. The van der Waals surface area contributed by atoms with E-state index < -0.39 is 23.9 Å². The summed E-state index contributed by atoms with van der Waals surface area (Å²) in [7, 11) is 0. The Morgan fingerprint density at radius 3 is 2.46 bits per heavy atom. The average Bonchev–Trinajstić information content (AvgIpc) is 2.67. The highest BCUT2D eigenvalue weighted by molar-refractivity contribution is 8.00. The maximum Gasteiger partial charge on any atom is 0.319 e. The lowest BCUT2D eigenvalue weighted by molar-refractivity contribution is -0.128. The van der Waals surface area contributed by atoms with E-state index >= 15 is 0 Å². The summed E-state index contributed by atoms with van der Waals surface area (Å²) in [6, 6.07) is 12.3. The number of halogens is 2. The Hall–Kier alpha value is -2.42. The van der Waals surface area contributed by atoms with Crippen molar-refractivity contribution < 1.29 is 14.4 Å². The molecule has 0 aliphatic carbocycles. The molecular weight excluding hydrogens is 423 g/mol. The molecule has 0 heterocycles. The van der Waals surface area contributed by atoms with Gasteiger partial charge < -0.3 is 10.6 Å². The second-order valence-corrected chi connectivity index (χ2v) is 7.45. The highest BCUT2D eigenvalue weighted by Gasteiger charge is 2.16. The van der Waals surface area contributed by atoms with Gasteiger partial charge in [-0.1, -0.05) is 41.4 Å². The van der Waals surface area contributed by atoms with Crippen LogP contribution in [0.1, 0.15) is 6.92 Å². The van der Waals surface area contributed by atoms with Gasteiger partial charge in [0.25, 0.3) is 5.91 Å². The fourth-order valence-corrected chi connectivity index (χ4v) is 3.25. The van der Waals surface area contributed by atoms with E-state index in [1.54, 1.807) is 42.5 Å². The minimum Gasteiger partial charge on any atom is -0.326 e. The molecule has 0 saturated carbocycles. The Kier molecular flexibility index (Phi) is 8.43. The van der Waals surface area contributed by atoms with E-state index in [1.807, 2.05) is 6.07 Å². The third kappa shape index (κ3) is 7.30. The number of benzene rings is 2. The topological polar surface area (TPSA) is 99.3 Å². The number of nitrogens with one attached hydrogen (secondary N) is 4. The molecule has 0 spiro atoms. The number of anilines is 1. The molecule has 0 unspecified atom stereocenters. The highest BCUT2D eigenvalue weighted by atomic mass is 35.5. The normalized spacial score (nSPS) is 11.2. The lowest BCUT2D eigenvalue weighted by Gasteiger charge is -2.15. The minimum atomic E-state index is -0.862. The first-order valence-corrected chi connectivity index (χ1v) is 9.88. The summed E-state index contributed by atoms with van der Waals surface area (Å²) in [5.74, 6) is -0.978. The molecule has 0 saturated heterocycles. The molecule has 148 valence electrons. The lowest BCUT2D eigenvalue weighted by Crippen LogP contribution is -2.52. The van der Waals surface area contributed by atoms with Crippen molar-refractivity contribution in [2.45, 2.75) is 17.9 Å². The third-order valence-corrected chi connectivity index (χ3v) is 5.08. The van der Waals surface area contributed by atoms with Crippen LogP contribution in [-0.4, -0.2) is 29.6 Å². The Balaban J connectivity index is 1.72. The van der Waals surface area contributed by atoms with Crippen molar-refractivity contribution in [3.8, 4) is 0 Å². The van der Waals surface area contributed by atoms with E-state index in [9.17, 15) is 14.4 Å². The summed E-state index contributed by atoms with van der Waals surface area (Å²) in [5, 5.41) is 6.06. The monoisotopic (exact) mass is 440 g/mol. The largest absolute Gasteiger partial charge is 0.326 e. The van der Waals surface area contributed by atoms with Gasteiger partial charge in [0, 0.05) is 15.6 Å². The van der Waals surface area contributed by atoms with Crippen LogP contribution in [0.3, 0.4) is 0 Å². The van der Waals surface area contributed by atoms with E-state index in [-0.39, 0.29) is 5.75 Å². The zero-order chi connectivity index (χ0) is 20.5. The van der Waals surface area contributed by atoms with E-state index in [0.717, 1.165) is 0 Å². The van der Waals surface area contributed by atoms with Crippen LogP contribution in [0.2, 0.25) is 10.0 Å². The van der Waals surface area contributed by atoms with Crippen LogP contribution in [0.5, 0.6) is 0 Å². The quantitative estimate of drug-likeness (QED) is 0.408. The van der Waals surface area contributed by atoms with Crippen molar-refractivity contribution in [2.75, 3.05) is 11.1 Å². The first kappa shape index (κ1) is 21.9. The first-order chi connectivity index (χ1) is 13.3. The van der Waals surface area contributed by atoms with Gasteiger partial charge in [-0.2, -0.15) is 0 Å². The fraction of sp³-hybridized carbons (Fsp3) is 0.167. The molecular formula is C18H18Cl2N4O3S.